The molecule has 0 heterocycles. The van der Waals surface area contributed by atoms with Gasteiger partial charge < -0.3 is 0 Å². The van der Waals surface area contributed by atoms with Crippen LogP contribution < -0.4 is 0 Å². The van der Waals surface area contributed by atoms with Crippen molar-refractivity contribution in [3.05, 3.63) is 0 Å². The molecule has 0 amide bonds. The van der Waals surface area contributed by atoms with Crippen molar-refractivity contribution in [1.82, 2.24) is 0 Å². The third-order valence-corrected chi connectivity index (χ3v) is 13.9. The SMILES string of the molecule is CCCC[C@H](CC)C(=O)[O][Sn]([CH2]CCC)([O]C(=O)[C@@H](CC)CCCC)[O]C(=O)[C@@H](CC)CCCC. The predicted octanol–water partition coefficient (Wildman–Crippen LogP) is 8.00. The van der Waals surface area contributed by atoms with Gasteiger partial charge in [0.15, 0.2) is 0 Å². The molecule has 0 bridgehead atoms. The van der Waals surface area contributed by atoms with Gasteiger partial charge in [-0.1, -0.05) is 0 Å². The van der Waals surface area contributed by atoms with E-state index in [4.69, 9.17) is 9.22 Å². The molecule has 6 nitrogen and oxygen atoms in total. The summed E-state index contributed by atoms with van der Waals surface area (Å²) in [6.45, 7) is 14.2. The average Bonchev–Trinajstić information content (AvgIpc) is 2.84. The molecule has 3 atom stereocenters. The van der Waals surface area contributed by atoms with Crippen molar-refractivity contribution in [2.45, 2.75) is 143 Å². The molecule has 0 saturated carbocycles. The van der Waals surface area contributed by atoms with Crippen LogP contribution in [0.25, 0.3) is 0 Å². The van der Waals surface area contributed by atoms with E-state index >= 15 is 0 Å². The van der Waals surface area contributed by atoms with Crippen LogP contribution >= 0.6 is 0 Å². The number of rotatable bonds is 21. The summed E-state index contributed by atoms with van der Waals surface area (Å²) in [7, 11) is 0. The van der Waals surface area contributed by atoms with Gasteiger partial charge in [-0.25, -0.2) is 0 Å². The zero-order valence-corrected chi connectivity index (χ0v) is 26.6. The summed E-state index contributed by atoms with van der Waals surface area (Å²) in [5, 5.41) is 0. The van der Waals surface area contributed by atoms with Crippen LogP contribution in [0.3, 0.4) is 0 Å². The first-order valence-corrected chi connectivity index (χ1v) is 20.0. The van der Waals surface area contributed by atoms with Crippen molar-refractivity contribution in [1.29, 1.82) is 0 Å². The second kappa shape index (κ2) is 20.3. The zero-order valence-electron chi connectivity index (χ0n) is 23.8. The number of hydrogen-bond donors (Lipinski definition) is 0. The fraction of sp³-hybridized carbons (Fsp3) is 0.893. The molecule has 0 spiro atoms. The standard InChI is InChI=1S/3C8H16O2.C4H9.Sn/c3*1-3-5-6-7(4-2)8(9)10;1-3-4-2;/h3*7H,3-6H2,1-2H3,(H,9,10);1,3-4H2,2H3;/q;;;;+3/p-3/t3*7-;;/m000../s1. The molecule has 0 aliphatic heterocycles. The number of carbonyl (C=O) groups is 3. The normalized spacial score (nSPS) is 14.1. The summed E-state index contributed by atoms with van der Waals surface area (Å²) in [5.41, 5.74) is 0. The van der Waals surface area contributed by atoms with Gasteiger partial charge in [0.05, 0.1) is 0 Å². The zero-order chi connectivity index (χ0) is 26.7. The first-order valence-electron chi connectivity index (χ1n) is 14.5. The van der Waals surface area contributed by atoms with Crippen LogP contribution in [0.1, 0.15) is 138 Å². The van der Waals surface area contributed by atoms with Crippen LogP contribution in [0.4, 0.5) is 0 Å². The quantitative estimate of drug-likeness (QED) is 0.123. The van der Waals surface area contributed by atoms with E-state index in [2.05, 4.69) is 20.8 Å². The van der Waals surface area contributed by atoms with Gasteiger partial charge in [-0.15, -0.1) is 0 Å². The summed E-state index contributed by atoms with van der Waals surface area (Å²) in [4.78, 5) is 39.9. The Labute approximate surface area is 221 Å². The second-order valence-electron chi connectivity index (χ2n) is 9.79. The van der Waals surface area contributed by atoms with E-state index in [1.807, 2.05) is 27.7 Å². The molecule has 0 aliphatic carbocycles. The summed E-state index contributed by atoms with van der Waals surface area (Å²) in [6, 6.07) is 0. The van der Waals surface area contributed by atoms with Crippen molar-refractivity contribution in [3.63, 3.8) is 0 Å². The number of hydrogen-bond acceptors (Lipinski definition) is 6. The average molecular weight is 605 g/mol. The Morgan fingerprint density at radius 1 is 0.514 bits per heavy atom. The Morgan fingerprint density at radius 2 is 0.800 bits per heavy atom. The van der Waals surface area contributed by atoms with Gasteiger partial charge in [-0.3, -0.25) is 0 Å². The first-order chi connectivity index (χ1) is 16.8. The summed E-state index contributed by atoms with van der Waals surface area (Å²) >= 11 is -4.89. The molecule has 206 valence electrons. The third-order valence-electron chi connectivity index (χ3n) is 6.80. The minimum absolute atomic E-state index is 0.269. The maximum atomic E-state index is 13.3. The molecule has 35 heavy (non-hydrogen) atoms. The van der Waals surface area contributed by atoms with Gasteiger partial charge in [0.2, 0.25) is 0 Å². The summed E-state index contributed by atoms with van der Waals surface area (Å²) in [6.07, 6.45) is 11.4. The van der Waals surface area contributed by atoms with Crippen molar-refractivity contribution in [2.24, 2.45) is 17.8 Å². The monoisotopic (exact) mass is 606 g/mol. The van der Waals surface area contributed by atoms with Crippen molar-refractivity contribution >= 4 is 37.5 Å². The molecule has 0 radical (unpaired) electrons. The molecule has 0 aliphatic rings. The van der Waals surface area contributed by atoms with E-state index in [1.165, 1.54) is 0 Å². The van der Waals surface area contributed by atoms with Crippen molar-refractivity contribution in [3.8, 4) is 0 Å². The molecule has 0 unspecified atom stereocenters. The van der Waals surface area contributed by atoms with Gasteiger partial charge in [-0.05, 0) is 0 Å². The number of unbranched alkanes of at least 4 members (excludes halogenated alkanes) is 4. The van der Waals surface area contributed by atoms with Crippen LogP contribution in [0.2, 0.25) is 4.44 Å². The molecule has 0 aromatic heterocycles. The predicted molar refractivity (Wildman–Crippen MR) is 144 cm³/mol. The summed E-state index contributed by atoms with van der Waals surface area (Å²) < 4.78 is 18.7. The van der Waals surface area contributed by atoms with Crippen molar-refractivity contribution < 1.29 is 23.6 Å². The molecule has 0 saturated heterocycles. The van der Waals surface area contributed by atoms with E-state index in [0.717, 1.165) is 64.2 Å². The minimum atomic E-state index is -4.89. The van der Waals surface area contributed by atoms with Crippen LogP contribution in [-0.2, 0) is 23.6 Å². The molecule has 7 heteroatoms. The fourth-order valence-corrected chi connectivity index (χ4v) is 11.7. The van der Waals surface area contributed by atoms with Gasteiger partial charge in [-0.2, -0.15) is 0 Å². The maximum absolute atomic E-state index is 13.3. The van der Waals surface area contributed by atoms with E-state index in [9.17, 15) is 14.4 Å². The van der Waals surface area contributed by atoms with Crippen LogP contribution in [0.15, 0.2) is 0 Å². The van der Waals surface area contributed by atoms with Gasteiger partial charge in [0, 0.05) is 0 Å². The van der Waals surface area contributed by atoms with Crippen LogP contribution in [0, 0.1) is 17.8 Å². The van der Waals surface area contributed by atoms with Crippen molar-refractivity contribution in [2.75, 3.05) is 0 Å². The molecule has 0 fully saturated rings. The van der Waals surface area contributed by atoms with E-state index in [0.29, 0.717) is 30.1 Å². The van der Waals surface area contributed by atoms with Gasteiger partial charge in [0.25, 0.3) is 0 Å². The Balaban J connectivity index is 6.10. The molecular formula is C28H54O6Sn. The van der Waals surface area contributed by atoms with E-state index in [1.54, 1.807) is 0 Å². The fourth-order valence-electron chi connectivity index (χ4n) is 4.14. The van der Waals surface area contributed by atoms with Crippen LogP contribution in [-0.4, -0.2) is 37.5 Å². The first kappa shape index (κ1) is 34.2. The Bertz CT molecular complexity index is 520. The van der Waals surface area contributed by atoms with Gasteiger partial charge >= 0.3 is 222 Å². The molecule has 0 N–H and O–H groups in total. The Morgan fingerprint density at radius 3 is 1.03 bits per heavy atom. The molecule has 0 aromatic carbocycles. The van der Waals surface area contributed by atoms with E-state index < -0.39 is 19.6 Å². The van der Waals surface area contributed by atoms with E-state index in [-0.39, 0.29) is 35.7 Å². The Kier molecular flexibility index (Phi) is 19.8. The Hall–Kier alpha value is -0.791. The second-order valence-corrected chi connectivity index (χ2v) is 16.9. The van der Waals surface area contributed by atoms with Crippen LogP contribution in [0.5, 0.6) is 0 Å². The number of carbonyl (C=O) groups excluding carboxylic acids is 3. The molecule has 0 aromatic rings. The van der Waals surface area contributed by atoms with Gasteiger partial charge in [0.1, 0.15) is 0 Å². The molecular weight excluding hydrogens is 551 g/mol. The molecule has 0 rings (SSSR count). The third kappa shape index (κ3) is 13.4. The summed E-state index contributed by atoms with van der Waals surface area (Å²) in [5.74, 6) is -1.90. The topological polar surface area (TPSA) is 78.9 Å².